The molecule has 3 heteroatoms. The highest BCUT2D eigenvalue weighted by atomic mass is 16.4. The fourth-order valence-electron chi connectivity index (χ4n) is 0.992. The van der Waals surface area contributed by atoms with Crippen LogP contribution in [0.1, 0.15) is 12.5 Å². The Balaban J connectivity index is 2.79. The van der Waals surface area contributed by atoms with Crippen molar-refractivity contribution in [2.75, 3.05) is 5.32 Å². The number of rotatable bonds is 2. The molecule has 3 nitrogen and oxygen atoms in total. The third kappa shape index (κ3) is 2.27. The van der Waals surface area contributed by atoms with E-state index in [2.05, 4.69) is 5.32 Å². The Hall–Kier alpha value is -1.51. The van der Waals surface area contributed by atoms with Crippen LogP contribution in [0.3, 0.4) is 0 Å². The molecule has 12 heavy (non-hydrogen) atoms. The van der Waals surface area contributed by atoms with Gasteiger partial charge in [-0.15, -0.1) is 0 Å². The molecule has 0 heterocycles. The minimum absolute atomic E-state index is 0.627. The van der Waals surface area contributed by atoms with Gasteiger partial charge in [-0.3, -0.25) is 5.32 Å². The van der Waals surface area contributed by atoms with Crippen molar-refractivity contribution in [2.24, 2.45) is 0 Å². The molecular formula is C9H11NO2. The number of anilines is 1. The van der Waals surface area contributed by atoms with Crippen LogP contribution in [-0.4, -0.2) is 11.2 Å². The monoisotopic (exact) mass is 165 g/mol. The van der Waals surface area contributed by atoms with E-state index in [1.165, 1.54) is 0 Å². The Morgan fingerprint density at radius 2 is 2.33 bits per heavy atom. The van der Waals surface area contributed by atoms with Crippen LogP contribution in [0.5, 0.6) is 0 Å². The van der Waals surface area contributed by atoms with Crippen LogP contribution in [0.2, 0.25) is 0 Å². The molecule has 0 aliphatic carbocycles. The van der Waals surface area contributed by atoms with Crippen LogP contribution in [0.4, 0.5) is 10.5 Å². The fraction of sp³-hybridized carbons (Fsp3) is 0.222. The number of amides is 1. The van der Waals surface area contributed by atoms with E-state index in [0.29, 0.717) is 5.69 Å². The second kappa shape index (κ2) is 3.76. The minimum Gasteiger partial charge on any atom is -0.465 e. The summed E-state index contributed by atoms with van der Waals surface area (Å²) in [4.78, 5) is 10.3. The second-order valence-electron chi connectivity index (χ2n) is 2.48. The summed E-state index contributed by atoms with van der Waals surface area (Å²) < 4.78 is 0. The third-order valence-electron chi connectivity index (χ3n) is 1.59. The van der Waals surface area contributed by atoms with Crippen molar-refractivity contribution in [3.05, 3.63) is 29.8 Å². The van der Waals surface area contributed by atoms with Gasteiger partial charge < -0.3 is 5.11 Å². The number of carboxylic acid groups (broad SMARTS) is 1. The van der Waals surface area contributed by atoms with Gasteiger partial charge in [0.1, 0.15) is 0 Å². The molecule has 1 amide bonds. The number of carbonyl (C=O) groups is 1. The van der Waals surface area contributed by atoms with Crippen molar-refractivity contribution in [2.45, 2.75) is 13.3 Å². The molecule has 0 atom stereocenters. The lowest BCUT2D eigenvalue weighted by atomic mass is 10.1. The molecule has 0 aliphatic rings. The fourth-order valence-corrected chi connectivity index (χ4v) is 0.992. The van der Waals surface area contributed by atoms with Gasteiger partial charge in [0.25, 0.3) is 0 Å². The highest BCUT2D eigenvalue weighted by molar-refractivity contribution is 5.82. The van der Waals surface area contributed by atoms with Crippen molar-refractivity contribution in [1.82, 2.24) is 0 Å². The van der Waals surface area contributed by atoms with E-state index < -0.39 is 6.09 Å². The molecular weight excluding hydrogens is 154 g/mol. The average Bonchev–Trinajstić information content (AvgIpc) is 2.03. The zero-order valence-electron chi connectivity index (χ0n) is 6.87. The third-order valence-corrected chi connectivity index (χ3v) is 1.59. The number of hydrogen-bond acceptors (Lipinski definition) is 1. The van der Waals surface area contributed by atoms with Crippen LogP contribution >= 0.6 is 0 Å². The molecule has 0 saturated carbocycles. The Morgan fingerprint density at radius 3 is 2.92 bits per heavy atom. The first-order valence-electron chi connectivity index (χ1n) is 3.81. The molecule has 0 bridgehead atoms. The first-order valence-corrected chi connectivity index (χ1v) is 3.81. The summed E-state index contributed by atoms with van der Waals surface area (Å²) in [5.74, 6) is 0. The summed E-state index contributed by atoms with van der Waals surface area (Å²) >= 11 is 0. The molecule has 1 aromatic carbocycles. The van der Waals surface area contributed by atoms with Gasteiger partial charge in [0.2, 0.25) is 0 Å². The van der Waals surface area contributed by atoms with Gasteiger partial charge in [0.05, 0.1) is 0 Å². The van der Waals surface area contributed by atoms with E-state index in [1.807, 2.05) is 25.1 Å². The van der Waals surface area contributed by atoms with Crippen LogP contribution in [-0.2, 0) is 6.42 Å². The number of hydrogen-bond donors (Lipinski definition) is 2. The molecule has 64 valence electrons. The van der Waals surface area contributed by atoms with E-state index in [1.54, 1.807) is 6.07 Å². The summed E-state index contributed by atoms with van der Waals surface area (Å²) in [6.07, 6.45) is -0.113. The Kier molecular flexibility index (Phi) is 2.69. The smallest absolute Gasteiger partial charge is 0.409 e. The lowest BCUT2D eigenvalue weighted by molar-refractivity contribution is 0.210. The van der Waals surface area contributed by atoms with Gasteiger partial charge in [-0.1, -0.05) is 19.1 Å². The molecule has 0 aliphatic heterocycles. The van der Waals surface area contributed by atoms with Crippen LogP contribution in [0.25, 0.3) is 0 Å². The molecule has 0 saturated heterocycles. The number of aryl methyl sites for hydroxylation is 1. The molecule has 0 unspecified atom stereocenters. The molecule has 0 aromatic heterocycles. The molecule has 2 N–H and O–H groups in total. The summed E-state index contributed by atoms with van der Waals surface area (Å²) in [6.45, 7) is 2.03. The topological polar surface area (TPSA) is 49.3 Å². The maximum atomic E-state index is 10.3. The van der Waals surface area contributed by atoms with Gasteiger partial charge in [0.15, 0.2) is 0 Å². The zero-order chi connectivity index (χ0) is 8.97. The van der Waals surface area contributed by atoms with Gasteiger partial charge >= 0.3 is 6.09 Å². The SMILES string of the molecule is CCc1cccc(NC(=O)O)c1. The Labute approximate surface area is 71.0 Å². The van der Waals surface area contributed by atoms with E-state index in [-0.39, 0.29) is 0 Å². The van der Waals surface area contributed by atoms with E-state index in [4.69, 9.17) is 5.11 Å². The largest absolute Gasteiger partial charge is 0.465 e. The first kappa shape index (κ1) is 8.59. The van der Waals surface area contributed by atoms with Crippen LogP contribution < -0.4 is 5.32 Å². The maximum Gasteiger partial charge on any atom is 0.409 e. The molecule has 0 spiro atoms. The number of nitrogens with one attached hydrogen (secondary N) is 1. The molecule has 0 fully saturated rings. The number of benzene rings is 1. The highest BCUT2D eigenvalue weighted by Gasteiger charge is 1.97. The second-order valence-corrected chi connectivity index (χ2v) is 2.48. The molecule has 1 rings (SSSR count). The Bertz CT molecular complexity index is 284. The lowest BCUT2D eigenvalue weighted by Crippen LogP contribution is -2.07. The van der Waals surface area contributed by atoms with Gasteiger partial charge in [-0.2, -0.15) is 0 Å². The normalized spacial score (nSPS) is 9.42. The molecule has 0 radical (unpaired) electrons. The van der Waals surface area contributed by atoms with Crippen molar-refractivity contribution in [3.63, 3.8) is 0 Å². The molecule has 1 aromatic rings. The summed E-state index contributed by atoms with van der Waals surface area (Å²) in [5, 5.41) is 10.7. The van der Waals surface area contributed by atoms with E-state index in [0.717, 1.165) is 12.0 Å². The zero-order valence-corrected chi connectivity index (χ0v) is 6.87. The highest BCUT2D eigenvalue weighted by Crippen LogP contribution is 2.10. The standard InChI is InChI=1S/C9H11NO2/c1-2-7-4-3-5-8(6-7)10-9(11)12/h3-6,10H,2H2,1H3,(H,11,12). The van der Waals surface area contributed by atoms with Crippen LogP contribution in [0, 0.1) is 0 Å². The van der Waals surface area contributed by atoms with Crippen molar-refractivity contribution >= 4 is 11.8 Å². The summed E-state index contributed by atoms with van der Waals surface area (Å²) in [7, 11) is 0. The van der Waals surface area contributed by atoms with E-state index >= 15 is 0 Å². The lowest BCUT2D eigenvalue weighted by Gasteiger charge is -2.01. The van der Waals surface area contributed by atoms with E-state index in [9.17, 15) is 4.79 Å². The maximum absolute atomic E-state index is 10.3. The van der Waals surface area contributed by atoms with Crippen molar-refractivity contribution in [1.29, 1.82) is 0 Å². The minimum atomic E-state index is -1.02. The predicted octanol–water partition coefficient (Wildman–Crippen LogP) is 2.34. The van der Waals surface area contributed by atoms with Crippen LogP contribution in [0.15, 0.2) is 24.3 Å². The van der Waals surface area contributed by atoms with Gasteiger partial charge in [-0.05, 0) is 24.1 Å². The first-order chi connectivity index (χ1) is 5.72. The van der Waals surface area contributed by atoms with Gasteiger partial charge in [-0.25, -0.2) is 4.79 Å². The Morgan fingerprint density at radius 1 is 1.58 bits per heavy atom. The average molecular weight is 165 g/mol. The van der Waals surface area contributed by atoms with Crippen molar-refractivity contribution in [3.8, 4) is 0 Å². The quantitative estimate of drug-likeness (QED) is 0.706. The van der Waals surface area contributed by atoms with Crippen molar-refractivity contribution < 1.29 is 9.90 Å². The predicted molar refractivity (Wildman–Crippen MR) is 47.5 cm³/mol. The van der Waals surface area contributed by atoms with Gasteiger partial charge in [0, 0.05) is 5.69 Å². The summed E-state index contributed by atoms with van der Waals surface area (Å²) in [6, 6.07) is 7.36. The summed E-state index contributed by atoms with van der Waals surface area (Å²) in [5.41, 5.74) is 1.75.